The lowest BCUT2D eigenvalue weighted by molar-refractivity contribution is 0.563. The molecule has 1 aromatic rings. The molecule has 3 nitrogen and oxygen atoms in total. The predicted octanol–water partition coefficient (Wildman–Crippen LogP) is 12.8. The van der Waals surface area contributed by atoms with Crippen LogP contribution in [-0.4, -0.2) is 11.5 Å². The van der Waals surface area contributed by atoms with Crippen LogP contribution in [0.5, 0.6) is 0 Å². The van der Waals surface area contributed by atoms with Crippen molar-refractivity contribution >= 4 is 23.5 Å². The fraction of sp³-hybridized carbons (Fsp3) is 0.818. The van der Waals surface area contributed by atoms with Gasteiger partial charge in [-0.2, -0.15) is 23.5 Å². The number of unbranched alkanes of at least 4 members (excludes halogenated alkanes) is 18. The summed E-state index contributed by atoms with van der Waals surface area (Å²) in [5.41, 5.74) is 12.7. The summed E-state index contributed by atoms with van der Waals surface area (Å²) in [6, 6.07) is 6.88. The van der Waals surface area contributed by atoms with Crippen LogP contribution in [0.3, 0.4) is 0 Å². The van der Waals surface area contributed by atoms with Crippen molar-refractivity contribution in [3.05, 3.63) is 45.3 Å². The molecule has 0 heterocycles. The van der Waals surface area contributed by atoms with Crippen LogP contribution in [0.15, 0.2) is 23.3 Å². The molecule has 0 saturated carbocycles. The molecule has 1 rings (SSSR count). The minimum absolute atomic E-state index is 0.462. The summed E-state index contributed by atoms with van der Waals surface area (Å²) in [4.78, 5) is 2.98. The summed E-state index contributed by atoms with van der Waals surface area (Å²) in [5, 5.41) is 3.82. The molecule has 0 saturated heterocycles. The van der Waals surface area contributed by atoms with Gasteiger partial charge in [-0.3, -0.25) is 0 Å². The van der Waals surface area contributed by atoms with Gasteiger partial charge >= 0.3 is 0 Å². The molecule has 0 unspecified atom stereocenters. The van der Waals surface area contributed by atoms with E-state index in [2.05, 4.69) is 65.6 Å². The number of hydrogen-bond donors (Lipinski definition) is 0. The van der Waals surface area contributed by atoms with E-state index in [-0.39, 0.29) is 0 Å². The van der Waals surface area contributed by atoms with Gasteiger partial charge < -0.3 is 0 Å². The maximum atomic E-state index is 8.77. The van der Waals surface area contributed by atoms with Crippen molar-refractivity contribution in [2.24, 2.45) is 5.11 Å². The number of thioether (sulfide) groups is 2. The van der Waals surface area contributed by atoms with Gasteiger partial charge in [0.05, 0.1) is 6.54 Å². The van der Waals surface area contributed by atoms with Crippen molar-refractivity contribution < 1.29 is 0 Å². The monoisotopic (exact) mass is 561 g/mol. The maximum Gasteiger partial charge on any atom is 0.0511 e. The van der Waals surface area contributed by atoms with Gasteiger partial charge in [-0.1, -0.05) is 153 Å². The second kappa shape index (κ2) is 27.8. The van der Waals surface area contributed by atoms with Gasteiger partial charge in [0.1, 0.15) is 0 Å². The second-order valence-electron chi connectivity index (χ2n) is 11.0. The second-order valence-corrected chi connectivity index (χ2v) is 13.2. The highest BCUT2D eigenvalue weighted by Crippen LogP contribution is 2.23. The third-order valence-corrected chi connectivity index (χ3v) is 9.48. The average molecular weight is 562 g/mol. The Bertz CT molecular complexity index is 657. The topological polar surface area (TPSA) is 48.8 Å². The smallest absolute Gasteiger partial charge is 0.0511 e. The van der Waals surface area contributed by atoms with E-state index in [1.54, 1.807) is 0 Å². The highest BCUT2D eigenvalue weighted by molar-refractivity contribution is 7.98. The summed E-state index contributed by atoms with van der Waals surface area (Å²) in [5.74, 6) is 4.63. The molecule has 0 aliphatic carbocycles. The zero-order chi connectivity index (χ0) is 27.4. The molecular weight excluding hydrogens is 503 g/mol. The Morgan fingerprint density at radius 2 is 0.868 bits per heavy atom. The molecule has 1 aromatic carbocycles. The van der Waals surface area contributed by atoms with E-state index in [1.807, 2.05) is 0 Å². The van der Waals surface area contributed by atoms with E-state index in [4.69, 9.17) is 5.53 Å². The maximum absolute atomic E-state index is 8.77. The van der Waals surface area contributed by atoms with Crippen molar-refractivity contribution in [2.75, 3.05) is 11.5 Å². The van der Waals surface area contributed by atoms with Gasteiger partial charge in [0, 0.05) is 16.4 Å². The lowest BCUT2D eigenvalue weighted by atomic mass is 10.1. The Balaban J connectivity index is 2.19. The van der Waals surface area contributed by atoms with E-state index in [1.165, 1.54) is 151 Å². The SMILES string of the molecule is CCCCCCCCCCCCSCc1cc(CN=[N+]=[N-])cc(CSCCCCCCCCCCCC)c1. The third-order valence-electron chi connectivity index (χ3n) is 7.25. The molecule has 0 N–H and O–H groups in total. The Kier molecular flexibility index (Phi) is 25.8. The van der Waals surface area contributed by atoms with Gasteiger partial charge in [0.2, 0.25) is 0 Å². The van der Waals surface area contributed by atoms with Crippen molar-refractivity contribution in [1.29, 1.82) is 0 Å². The Morgan fingerprint density at radius 3 is 1.24 bits per heavy atom. The van der Waals surface area contributed by atoms with E-state index in [9.17, 15) is 0 Å². The van der Waals surface area contributed by atoms with Crippen LogP contribution in [0.2, 0.25) is 0 Å². The number of nitrogens with zero attached hydrogens (tertiary/aromatic N) is 3. The molecule has 0 spiro atoms. The highest BCUT2D eigenvalue weighted by Gasteiger charge is 2.03. The van der Waals surface area contributed by atoms with Gasteiger partial charge in [-0.15, -0.1) is 0 Å². The molecule has 0 aromatic heterocycles. The highest BCUT2D eigenvalue weighted by atomic mass is 32.2. The Hall–Kier alpha value is -0.770. The molecule has 0 aliphatic rings. The largest absolute Gasteiger partial charge is 0.157 e. The number of azide groups is 1. The predicted molar refractivity (Wildman–Crippen MR) is 175 cm³/mol. The van der Waals surface area contributed by atoms with Crippen LogP contribution in [0, 0.1) is 0 Å². The first-order valence-electron chi connectivity index (χ1n) is 16.1. The van der Waals surface area contributed by atoms with Crippen molar-refractivity contribution in [1.82, 2.24) is 0 Å². The lowest BCUT2D eigenvalue weighted by Crippen LogP contribution is -1.93. The van der Waals surface area contributed by atoms with Crippen LogP contribution in [0.4, 0.5) is 0 Å². The summed E-state index contributed by atoms with van der Waals surface area (Å²) < 4.78 is 0. The van der Waals surface area contributed by atoms with Gasteiger partial charge in [0.15, 0.2) is 0 Å². The van der Waals surface area contributed by atoms with Crippen molar-refractivity contribution in [3.63, 3.8) is 0 Å². The molecule has 218 valence electrons. The standard InChI is InChI=1S/C33H59N3S2/c1-3-5-7-9-11-13-15-17-19-21-23-37-29-32-25-31(28-35-36-34)26-33(27-32)30-38-24-22-20-18-16-14-12-10-8-6-4-2/h25-27H,3-24,28-30H2,1-2H3. The Morgan fingerprint density at radius 1 is 0.526 bits per heavy atom. The zero-order valence-corrected chi connectivity index (χ0v) is 26.7. The fourth-order valence-corrected chi connectivity index (χ4v) is 6.88. The normalized spacial score (nSPS) is 11.1. The number of hydrogen-bond acceptors (Lipinski definition) is 3. The molecule has 5 heteroatoms. The summed E-state index contributed by atoms with van der Waals surface area (Å²) in [6.45, 7) is 5.04. The number of benzene rings is 1. The van der Waals surface area contributed by atoms with Gasteiger partial charge in [0.25, 0.3) is 0 Å². The van der Waals surface area contributed by atoms with E-state index >= 15 is 0 Å². The lowest BCUT2D eigenvalue weighted by Gasteiger charge is -2.09. The van der Waals surface area contributed by atoms with Crippen LogP contribution >= 0.6 is 23.5 Å². The summed E-state index contributed by atoms with van der Waals surface area (Å²) in [6.07, 6.45) is 28.0. The van der Waals surface area contributed by atoms with Crippen LogP contribution in [0.25, 0.3) is 10.4 Å². The first kappa shape index (κ1) is 35.3. The van der Waals surface area contributed by atoms with Crippen LogP contribution < -0.4 is 0 Å². The third kappa shape index (κ3) is 22.1. The summed E-state index contributed by atoms with van der Waals surface area (Å²) in [7, 11) is 0. The summed E-state index contributed by atoms with van der Waals surface area (Å²) >= 11 is 4.12. The molecular formula is C33H59N3S2. The van der Waals surface area contributed by atoms with E-state index in [0.29, 0.717) is 6.54 Å². The van der Waals surface area contributed by atoms with Gasteiger partial charge in [-0.25, -0.2) is 0 Å². The molecule has 0 aliphatic heterocycles. The Labute approximate surface area is 245 Å². The van der Waals surface area contributed by atoms with Crippen LogP contribution in [-0.2, 0) is 18.1 Å². The first-order valence-corrected chi connectivity index (χ1v) is 18.4. The molecule has 0 bridgehead atoms. The molecule has 0 amide bonds. The molecule has 0 radical (unpaired) electrons. The minimum atomic E-state index is 0.462. The van der Waals surface area contributed by atoms with Gasteiger partial charge in [-0.05, 0) is 46.6 Å². The quantitative estimate of drug-likeness (QED) is 0.0442. The average Bonchev–Trinajstić information content (AvgIpc) is 2.93. The van der Waals surface area contributed by atoms with E-state index in [0.717, 1.165) is 17.1 Å². The van der Waals surface area contributed by atoms with Crippen molar-refractivity contribution in [2.45, 2.75) is 160 Å². The zero-order valence-electron chi connectivity index (χ0n) is 25.1. The van der Waals surface area contributed by atoms with Crippen LogP contribution in [0.1, 0.15) is 159 Å². The fourth-order valence-electron chi connectivity index (χ4n) is 4.97. The first-order chi connectivity index (χ1) is 18.8. The molecule has 0 fully saturated rings. The molecule has 38 heavy (non-hydrogen) atoms. The van der Waals surface area contributed by atoms with E-state index < -0.39 is 0 Å². The van der Waals surface area contributed by atoms with Crippen molar-refractivity contribution in [3.8, 4) is 0 Å². The number of rotatable bonds is 28. The minimum Gasteiger partial charge on any atom is -0.157 e. The molecule has 0 atom stereocenters.